The molecule has 21 rings (SSSR count). The minimum atomic E-state index is -0.842. The van der Waals surface area contributed by atoms with Crippen LogP contribution < -0.4 is 0 Å². The smallest absolute Gasteiger partial charge is 0.317 e. The zero-order valence-corrected chi connectivity index (χ0v) is 85.8. The maximum absolute atomic E-state index is 12.6. The number of aliphatic carboxylic acids is 1. The van der Waals surface area contributed by atoms with Crippen molar-refractivity contribution in [3.63, 3.8) is 0 Å². The predicted molar refractivity (Wildman–Crippen MR) is 603 cm³/mol. The first-order valence-corrected chi connectivity index (χ1v) is 52.7. The van der Waals surface area contributed by atoms with E-state index in [2.05, 4.69) is 74.0 Å². The average molecular weight is 2070 g/mol. The van der Waals surface area contributed by atoms with Crippen LogP contribution in [0.15, 0.2) is 0 Å². The van der Waals surface area contributed by atoms with Crippen LogP contribution in [0.2, 0.25) is 0 Å². The molecule has 21 fully saturated rings. The minimum absolute atomic E-state index is 0. The van der Waals surface area contributed by atoms with Crippen LogP contribution in [0, 0.1) is 152 Å². The Morgan fingerprint density at radius 3 is 1.23 bits per heavy atom. The van der Waals surface area contributed by atoms with E-state index in [1.807, 2.05) is 69.2 Å². The Morgan fingerprint density at radius 1 is 0.434 bits per heavy atom. The minimum Gasteiger partial charge on any atom is -0.481 e. The van der Waals surface area contributed by atoms with Crippen molar-refractivity contribution in [1.82, 2.24) is 0 Å². The fraction of sp³-hybridized carbons (Fsp3) is 0.927. The van der Waals surface area contributed by atoms with Gasteiger partial charge in [-0.15, -0.1) is 0 Å². The topological polar surface area (TPSA) is 297 Å². The molecule has 19 atom stereocenters. The second-order valence-corrected chi connectivity index (χ2v) is 48.7. The number of aliphatic hydroxyl groups is 2. The van der Waals surface area contributed by atoms with E-state index in [0.717, 1.165) is 137 Å². The van der Waals surface area contributed by atoms with Gasteiger partial charge in [0.15, 0.2) is 6.29 Å². The second kappa shape index (κ2) is 61.4. The van der Waals surface area contributed by atoms with Crippen LogP contribution >= 0.6 is 0 Å². The van der Waals surface area contributed by atoms with E-state index in [4.69, 9.17) is 43.0 Å². The number of fused-ring (bicyclic) bond motifs is 3. The highest BCUT2D eigenvalue weighted by Crippen LogP contribution is 2.66. The summed E-state index contributed by atoms with van der Waals surface area (Å²) in [5, 5.41) is 29.8. The number of rotatable bonds is 20. The number of carboxylic acids is 1. The number of carbonyl (C=O) groups excluding carboxylic acids is 8. The van der Waals surface area contributed by atoms with Gasteiger partial charge in [0.2, 0.25) is 0 Å². The first kappa shape index (κ1) is 151. The third-order valence-electron chi connectivity index (χ3n) is 38.0. The number of methoxy groups -OCH3 is 1. The van der Waals surface area contributed by atoms with Crippen molar-refractivity contribution >= 4 is 53.7 Å². The van der Waals surface area contributed by atoms with E-state index < -0.39 is 45.5 Å². The molecule has 145 heavy (non-hydrogen) atoms. The van der Waals surface area contributed by atoms with Crippen LogP contribution in [0.4, 0.5) is 0 Å². The van der Waals surface area contributed by atoms with E-state index in [9.17, 15) is 53.4 Å². The molecule has 3 heterocycles. The standard InChI is InChI=1S/C19H32O2.C16H26O4.C16H26O2.C16H28O2.C13H18O4.C9H16.C8H16O2.C6H8O3.C6H12O2.15CH4/c1-6-17(2,3)16(20)21-18(4,5)19-10-13-7-14(11-19)9-15(8-13)12-19;1-4-13(2,3)12(17)20-16-7-11-5-14(18,9-16)8-15(19,6-11)10-16;1-4-10(2)15(17)18-16(3)13-6-11-5-12(8-13)9-14(16)7-11;1-3-13(2)15(17)18-16(11-7-8-12-16)14-9-5-4-6-10-14;1-3-6(2)12(14)16-10-7-4-8-9(5-7)13(15)17-11(8)10;1-6-7(2)9-4-3-8(6)5-9;1-6-4-5-8(9-3)10-7(6)2;1-3-4(2)6(8)9-5(3)7;1-4-6(2,3)5(7)8;;;;;;;;;;;;;;;/h13-15H,6-12H2,1-5H3;11,18-19H,4-10H2,1-3H3;10-14H,4-9H2,1-3H3;13-14H,3-12H2,1-2H3;6-11H,3-5H2,1-2H3;6-9H,3-5H2,1-2H3;6-8H,4-5H2,1-3H3;3-4H,1-2H3;4H2,1-3H3,(H,7,8);15*1H4. The summed E-state index contributed by atoms with van der Waals surface area (Å²) in [5.41, 5.74) is -4.03. The Kier molecular flexibility index (Phi) is 63.9. The number of ether oxygens (including phenoxy) is 9. The Hall–Kier alpha value is -4.73. The normalized spacial score (nSPS) is 35.4. The summed E-state index contributed by atoms with van der Waals surface area (Å²) in [6.45, 7) is 48.3. The maximum Gasteiger partial charge on any atom is 0.317 e. The SMILES string of the molecule is C.C.C.C.C.C.C.C.C.C.C.C.C.C.C.CC1C(=O)OC(=O)C1C.CC1C2CCC(C2)C1C.CCC(C)(C)C(=O)O.CCC(C)(C)C(=O)OC(C)(C)C12CC3CC(CC(C3)C1)C2.CCC(C)(C)C(=O)OC12CC3CC(O)(CC(O)(C3)C1)C2.CCC(C)C(=O)OC1(C)C2CC3CC(C2)CC1C3.CCC(C)C(=O)OC1(C2CCCCC2)CCCC1.CCC(C)C(=O)OC1C2CC3C(=O)OC1C3C2.COC1CCC(C)C(C)O1. The Morgan fingerprint density at radius 2 is 0.855 bits per heavy atom. The molecule has 0 amide bonds. The van der Waals surface area contributed by atoms with Crippen LogP contribution in [0.1, 0.15) is 528 Å². The molecule has 21 aliphatic rings. The lowest BCUT2D eigenvalue weighted by Gasteiger charge is -2.62. The highest BCUT2D eigenvalue weighted by atomic mass is 16.7. The van der Waals surface area contributed by atoms with Crippen LogP contribution in [-0.4, -0.2) is 134 Å². The highest BCUT2D eigenvalue weighted by Gasteiger charge is 2.67. The molecule has 3 N–H and O–H groups in total. The van der Waals surface area contributed by atoms with Crippen molar-refractivity contribution in [2.45, 2.75) is 586 Å². The molecule has 16 bridgehead atoms. The molecule has 18 saturated carbocycles. The first-order valence-electron chi connectivity index (χ1n) is 52.7. The van der Waals surface area contributed by atoms with Gasteiger partial charge in [0.1, 0.15) is 34.6 Å². The zero-order valence-electron chi connectivity index (χ0n) is 85.8. The van der Waals surface area contributed by atoms with Crippen molar-refractivity contribution in [2.75, 3.05) is 7.11 Å². The van der Waals surface area contributed by atoms with Crippen LogP contribution in [0.25, 0.3) is 0 Å². The van der Waals surface area contributed by atoms with E-state index in [0.29, 0.717) is 67.3 Å². The molecule has 19 unspecified atom stereocenters. The fourth-order valence-electron chi connectivity index (χ4n) is 27.2. The van der Waals surface area contributed by atoms with Crippen molar-refractivity contribution in [1.29, 1.82) is 0 Å². The molecule has 0 spiro atoms. The van der Waals surface area contributed by atoms with E-state index >= 15 is 0 Å². The summed E-state index contributed by atoms with van der Waals surface area (Å²) in [4.78, 5) is 104. The third kappa shape index (κ3) is 35.4. The number of hydrogen-bond donors (Lipinski definition) is 3. The fourth-order valence-corrected chi connectivity index (χ4v) is 27.2. The number of hydrogen-bond acceptors (Lipinski definition) is 20. The van der Waals surface area contributed by atoms with Gasteiger partial charge in [-0.05, 0) is 364 Å². The van der Waals surface area contributed by atoms with Gasteiger partial charge in [-0.2, -0.15) is 0 Å². The van der Waals surface area contributed by atoms with E-state index in [-0.39, 0.29) is 235 Å². The second-order valence-electron chi connectivity index (χ2n) is 48.7. The summed E-state index contributed by atoms with van der Waals surface area (Å²) in [5.74, 6) is 10.2. The van der Waals surface area contributed by atoms with Crippen LogP contribution in [0.3, 0.4) is 0 Å². The quantitative estimate of drug-likeness (QED) is 0.0579. The lowest BCUT2D eigenvalue weighted by Crippen LogP contribution is -2.67. The van der Waals surface area contributed by atoms with Crippen molar-refractivity contribution in [3.05, 3.63) is 0 Å². The van der Waals surface area contributed by atoms with Crippen molar-refractivity contribution in [3.8, 4) is 0 Å². The molecule has 3 saturated heterocycles. The van der Waals surface area contributed by atoms with Gasteiger partial charge in [-0.1, -0.05) is 228 Å². The molecule has 864 valence electrons. The predicted octanol–water partition coefficient (Wildman–Crippen LogP) is 32.8. The Balaban J connectivity index is -0.000000376. The summed E-state index contributed by atoms with van der Waals surface area (Å²) in [7, 11) is 1.70. The Bertz CT molecular complexity index is 3660. The van der Waals surface area contributed by atoms with Gasteiger partial charge in [-0.3, -0.25) is 43.2 Å². The average Bonchev–Trinajstić information content (AvgIpc) is 1.70. The van der Waals surface area contributed by atoms with Gasteiger partial charge < -0.3 is 58.0 Å². The molecule has 0 radical (unpaired) electrons. The van der Waals surface area contributed by atoms with Crippen molar-refractivity contribution < 1.29 is 101 Å². The molecule has 0 aromatic carbocycles. The summed E-state index contributed by atoms with van der Waals surface area (Å²) >= 11 is 0. The van der Waals surface area contributed by atoms with E-state index in [1.54, 1.807) is 41.2 Å². The molecule has 0 aromatic heterocycles. The molecule has 0 aromatic rings. The number of cyclic esters (lactones) is 2. The van der Waals surface area contributed by atoms with Gasteiger partial charge in [0, 0.05) is 43.6 Å². The summed E-state index contributed by atoms with van der Waals surface area (Å²) in [6, 6.07) is 0. The molecule has 21 nitrogen and oxygen atoms in total. The highest BCUT2D eigenvalue weighted by molar-refractivity contribution is 5.96. The first-order chi connectivity index (χ1) is 60.7. The largest absolute Gasteiger partial charge is 0.481 e. The molecule has 21 heteroatoms. The Labute approximate surface area is 895 Å². The zero-order chi connectivity index (χ0) is 96.1. The molecule has 3 aliphatic heterocycles. The van der Waals surface area contributed by atoms with Gasteiger partial charge >= 0.3 is 53.7 Å². The van der Waals surface area contributed by atoms with Crippen molar-refractivity contribution in [2.24, 2.45) is 152 Å². The third-order valence-corrected chi connectivity index (χ3v) is 38.0. The number of esters is 8. The molecular weight excluding hydrogens is 1830 g/mol. The van der Waals surface area contributed by atoms with Gasteiger partial charge in [0.05, 0.1) is 69.1 Å². The molecular formula is C124H242O21. The molecule has 18 aliphatic carbocycles. The van der Waals surface area contributed by atoms with Crippen LogP contribution in [0.5, 0.6) is 0 Å². The summed E-state index contributed by atoms with van der Waals surface area (Å²) in [6.07, 6.45) is 43.4. The van der Waals surface area contributed by atoms with Crippen LogP contribution in [-0.2, 0) is 85.8 Å². The maximum atomic E-state index is 12.6. The number of carbonyl (C=O) groups is 9. The van der Waals surface area contributed by atoms with Gasteiger partial charge in [0.25, 0.3) is 0 Å². The summed E-state index contributed by atoms with van der Waals surface area (Å²) < 4.78 is 49.9. The lowest BCUT2D eigenvalue weighted by atomic mass is 9.46. The van der Waals surface area contributed by atoms with Gasteiger partial charge in [-0.25, -0.2) is 0 Å². The van der Waals surface area contributed by atoms with E-state index in [1.165, 1.54) is 135 Å². The number of carboxylic acid groups (broad SMARTS) is 1. The lowest BCUT2D eigenvalue weighted by molar-refractivity contribution is -0.264. The monoisotopic (exact) mass is 2070 g/mol.